The van der Waals surface area contributed by atoms with Crippen LogP contribution in [0.4, 0.5) is 13.2 Å². The molecular formula is C9H8F3NOS2. The summed E-state index contributed by atoms with van der Waals surface area (Å²) in [6.07, 6.45) is -4.34. The van der Waals surface area contributed by atoms with Crippen LogP contribution in [0.1, 0.15) is 10.3 Å². The van der Waals surface area contributed by atoms with Crippen molar-refractivity contribution < 1.29 is 18.0 Å². The average molecular weight is 267 g/mol. The molecule has 1 aliphatic rings. The monoisotopic (exact) mass is 267 g/mol. The van der Waals surface area contributed by atoms with E-state index < -0.39 is 24.0 Å². The quantitative estimate of drug-likeness (QED) is 0.821. The Morgan fingerprint density at radius 1 is 1.50 bits per heavy atom. The molecule has 0 saturated carbocycles. The molecule has 0 aromatic carbocycles. The molecule has 0 aliphatic carbocycles. The predicted octanol–water partition coefficient (Wildman–Crippen LogP) is 2.88. The Kier molecular flexibility index (Phi) is 3.16. The number of nitrogens with zero attached hydrogens (tertiary/aromatic N) is 1. The SMILES string of the molecule is O=C1CSC(c2cccs2)N1CC(F)(F)F. The molecule has 2 nitrogen and oxygen atoms in total. The highest BCUT2D eigenvalue weighted by atomic mass is 32.2. The topological polar surface area (TPSA) is 20.3 Å². The Labute approximate surface area is 98.4 Å². The van der Waals surface area contributed by atoms with Gasteiger partial charge in [0, 0.05) is 4.88 Å². The molecule has 16 heavy (non-hydrogen) atoms. The van der Waals surface area contributed by atoms with Crippen LogP contribution in [0, 0.1) is 0 Å². The van der Waals surface area contributed by atoms with Gasteiger partial charge in [-0.1, -0.05) is 6.07 Å². The van der Waals surface area contributed by atoms with Gasteiger partial charge in [-0.15, -0.1) is 23.1 Å². The summed E-state index contributed by atoms with van der Waals surface area (Å²) in [5.74, 6) is -0.320. The number of carbonyl (C=O) groups excluding carboxylic acids is 1. The lowest BCUT2D eigenvalue weighted by Crippen LogP contribution is -2.36. The lowest BCUT2D eigenvalue weighted by Gasteiger charge is -2.23. The van der Waals surface area contributed by atoms with Gasteiger partial charge in [-0.05, 0) is 11.4 Å². The zero-order chi connectivity index (χ0) is 11.8. The number of hydrogen-bond donors (Lipinski definition) is 0. The van der Waals surface area contributed by atoms with Crippen LogP contribution in [0.5, 0.6) is 0 Å². The summed E-state index contributed by atoms with van der Waals surface area (Å²) < 4.78 is 36.9. The minimum Gasteiger partial charge on any atom is -0.316 e. The molecule has 0 bridgehead atoms. The van der Waals surface area contributed by atoms with E-state index in [1.165, 1.54) is 23.1 Å². The van der Waals surface area contributed by atoms with Crippen LogP contribution in [0.3, 0.4) is 0 Å². The third-order valence-electron chi connectivity index (χ3n) is 2.10. The molecule has 1 unspecified atom stereocenters. The first-order valence-corrected chi connectivity index (χ1v) is 6.41. The number of hydrogen-bond acceptors (Lipinski definition) is 3. The smallest absolute Gasteiger partial charge is 0.316 e. The second-order valence-electron chi connectivity index (χ2n) is 3.32. The van der Waals surface area contributed by atoms with Crippen molar-refractivity contribution in [2.75, 3.05) is 12.3 Å². The molecular weight excluding hydrogens is 259 g/mol. The van der Waals surface area contributed by atoms with E-state index in [-0.39, 0.29) is 5.75 Å². The van der Waals surface area contributed by atoms with Crippen LogP contribution >= 0.6 is 23.1 Å². The number of alkyl halides is 3. The van der Waals surface area contributed by atoms with Gasteiger partial charge in [0.25, 0.3) is 0 Å². The number of thioether (sulfide) groups is 1. The van der Waals surface area contributed by atoms with E-state index in [1.54, 1.807) is 17.5 Å². The molecule has 2 rings (SSSR count). The van der Waals surface area contributed by atoms with Crippen molar-refractivity contribution in [1.29, 1.82) is 0 Å². The van der Waals surface area contributed by atoms with E-state index in [1.807, 2.05) is 0 Å². The molecule has 1 fully saturated rings. The second kappa shape index (κ2) is 4.29. The highest BCUT2D eigenvalue weighted by Gasteiger charge is 2.41. The average Bonchev–Trinajstić information content (AvgIpc) is 2.75. The van der Waals surface area contributed by atoms with Crippen molar-refractivity contribution in [1.82, 2.24) is 4.90 Å². The van der Waals surface area contributed by atoms with Gasteiger partial charge < -0.3 is 4.90 Å². The Hall–Kier alpha value is -0.690. The van der Waals surface area contributed by atoms with Crippen LogP contribution in [-0.2, 0) is 4.79 Å². The van der Waals surface area contributed by atoms with Crippen LogP contribution in [0.15, 0.2) is 17.5 Å². The summed E-state index contributed by atoms with van der Waals surface area (Å²) in [6, 6.07) is 3.53. The molecule has 1 saturated heterocycles. The maximum absolute atomic E-state index is 12.3. The van der Waals surface area contributed by atoms with Gasteiger partial charge in [0.1, 0.15) is 11.9 Å². The standard InChI is InChI=1S/C9H8F3NOS2/c10-9(11,12)5-13-7(14)4-16-8(13)6-2-1-3-15-6/h1-3,8H,4-5H2. The molecule has 1 aliphatic heterocycles. The normalized spacial score (nSPS) is 21.8. The van der Waals surface area contributed by atoms with E-state index in [2.05, 4.69) is 0 Å². The highest BCUT2D eigenvalue weighted by Crippen LogP contribution is 2.41. The predicted molar refractivity (Wildman–Crippen MR) is 57.3 cm³/mol. The van der Waals surface area contributed by atoms with Gasteiger partial charge in [-0.25, -0.2) is 0 Å². The molecule has 1 atom stereocenters. The van der Waals surface area contributed by atoms with E-state index in [0.29, 0.717) is 0 Å². The molecule has 1 aromatic heterocycles. The summed E-state index contributed by atoms with van der Waals surface area (Å²) >= 11 is 2.61. The van der Waals surface area contributed by atoms with Crippen LogP contribution in [0.25, 0.3) is 0 Å². The summed E-state index contributed by atoms with van der Waals surface area (Å²) in [4.78, 5) is 13.1. The fraction of sp³-hybridized carbons (Fsp3) is 0.444. The summed E-state index contributed by atoms with van der Waals surface area (Å²) in [6.45, 7) is -1.17. The van der Waals surface area contributed by atoms with Crippen molar-refractivity contribution in [3.63, 3.8) is 0 Å². The van der Waals surface area contributed by atoms with Crippen LogP contribution in [0.2, 0.25) is 0 Å². The van der Waals surface area contributed by atoms with Gasteiger partial charge in [0.05, 0.1) is 5.75 Å². The Bertz CT molecular complexity index is 377. The minimum absolute atomic E-state index is 0.124. The number of carbonyl (C=O) groups is 1. The number of amides is 1. The Balaban J connectivity index is 2.17. The zero-order valence-electron chi connectivity index (χ0n) is 8.03. The maximum atomic E-state index is 12.3. The van der Waals surface area contributed by atoms with Gasteiger partial charge >= 0.3 is 6.18 Å². The zero-order valence-corrected chi connectivity index (χ0v) is 9.66. The fourth-order valence-corrected chi connectivity index (χ4v) is 3.65. The number of halogens is 3. The van der Waals surface area contributed by atoms with E-state index in [0.717, 1.165) is 9.78 Å². The van der Waals surface area contributed by atoms with Crippen molar-refractivity contribution in [3.8, 4) is 0 Å². The van der Waals surface area contributed by atoms with Crippen molar-refractivity contribution in [2.24, 2.45) is 0 Å². The van der Waals surface area contributed by atoms with E-state index in [4.69, 9.17) is 0 Å². The second-order valence-corrected chi connectivity index (χ2v) is 5.36. The maximum Gasteiger partial charge on any atom is 0.406 e. The third kappa shape index (κ3) is 2.52. The third-order valence-corrected chi connectivity index (χ3v) is 4.42. The van der Waals surface area contributed by atoms with E-state index in [9.17, 15) is 18.0 Å². The first kappa shape index (κ1) is 11.8. The van der Waals surface area contributed by atoms with Crippen molar-refractivity contribution in [3.05, 3.63) is 22.4 Å². The molecule has 0 radical (unpaired) electrons. The Morgan fingerprint density at radius 2 is 2.25 bits per heavy atom. The van der Waals surface area contributed by atoms with E-state index >= 15 is 0 Å². The molecule has 88 valence electrons. The number of rotatable bonds is 2. The molecule has 0 N–H and O–H groups in total. The summed E-state index contributed by atoms with van der Waals surface area (Å²) in [5.41, 5.74) is 0. The van der Waals surface area contributed by atoms with Crippen LogP contribution < -0.4 is 0 Å². The lowest BCUT2D eigenvalue weighted by molar-refractivity contribution is -0.159. The van der Waals surface area contributed by atoms with Gasteiger partial charge in [-0.3, -0.25) is 4.79 Å². The van der Waals surface area contributed by atoms with Gasteiger partial charge in [0.2, 0.25) is 5.91 Å². The highest BCUT2D eigenvalue weighted by molar-refractivity contribution is 8.00. The first-order chi connectivity index (χ1) is 7.47. The van der Waals surface area contributed by atoms with Crippen LogP contribution in [-0.4, -0.2) is 29.3 Å². The summed E-state index contributed by atoms with van der Waals surface area (Å²) in [5, 5.41) is 1.32. The Morgan fingerprint density at radius 3 is 2.81 bits per heavy atom. The fourth-order valence-electron chi connectivity index (χ4n) is 1.49. The van der Waals surface area contributed by atoms with Crippen molar-refractivity contribution >= 4 is 29.0 Å². The molecule has 7 heteroatoms. The summed E-state index contributed by atoms with van der Waals surface area (Å²) in [7, 11) is 0. The molecule has 0 spiro atoms. The number of thiophene rings is 1. The molecule has 1 amide bonds. The molecule has 2 heterocycles. The lowest BCUT2D eigenvalue weighted by atomic mass is 10.4. The van der Waals surface area contributed by atoms with Crippen molar-refractivity contribution in [2.45, 2.75) is 11.6 Å². The minimum atomic E-state index is -4.34. The molecule has 1 aromatic rings. The largest absolute Gasteiger partial charge is 0.406 e. The van der Waals surface area contributed by atoms with Gasteiger partial charge in [-0.2, -0.15) is 13.2 Å². The first-order valence-electron chi connectivity index (χ1n) is 4.48. The van der Waals surface area contributed by atoms with Gasteiger partial charge in [0.15, 0.2) is 0 Å².